The molecule has 2 N–H and O–H groups in total. The Hall–Kier alpha value is -2.44. The summed E-state index contributed by atoms with van der Waals surface area (Å²) in [5.74, 6) is 2.53. The molecule has 0 aliphatic rings. The van der Waals surface area contributed by atoms with Gasteiger partial charge in [-0.3, -0.25) is 4.79 Å². The number of rotatable bonds is 9. The number of aliphatic imine (C=N–C) groups is 1. The number of hydrogen-bond donors (Lipinski definition) is 2. The first-order valence-electron chi connectivity index (χ1n) is 8.80. The molecule has 1 aromatic rings. The molecule has 146 valence electrons. The van der Waals surface area contributed by atoms with Crippen LogP contribution in [0, 0.1) is 5.92 Å². The average Bonchev–Trinajstić information content (AvgIpc) is 2.62. The summed E-state index contributed by atoms with van der Waals surface area (Å²) in [6.45, 7) is 5.85. The molecular formula is C19H32N4O3. The van der Waals surface area contributed by atoms with Gasteiger partial charge >= 0.3 is 0 Å². The lowest BCUT2D eigenvalue weighted by Crippen LogP contribution is -2.41. The summed E-state index contributed by atoms with van der Waals surface area (Å²) in [5, 5.41) is 6.54. The van der Waals surface area contributed by atoms with E-state index in [1.807, 2.05) is 18.2 Å². The maximum atomic E-state index is 11.7. The smallest absolute Gasteiger partial charge is 0.243 e. The third kappa shape index (κ3) is 7.63. The van der Waals surface area contributed by atoms with Gasteiger partial charge in [0.05, 0.1) is 14.2 Å². The lowest BCUT2D eigenvalue weighted by Gasteiger charge is -2.15. The molecule has 0 saturated carbocycles. The van der Waals surface area contributed by atoms with Crippen LogP contribution in [0.3, 0.4) is 0 Å². The highest BCUT2D eigenvalue weighted by molar-refractivity contribution is 5.84. The largest absolute Gasteiger partial charge is 0.493 e. The minimum absolute atomic E-state index is 0.0319. The summed E-state index contributed by atoms with van der Waals surface area (Å²) in [6, 6.07) is 5.88. The summed E-state index contributed by atoms with van der Waals surface area (Å²) >= 11 is 0. The van der Waals surface area contributed by atoms with E-state index in [9.17, 15) is 4.79 Å². The van der Waals surface area contributed by atoms with E-state index >= 15 is 0 Å². The number of benzene rings is 1. The number of guanidine groups is 1. The molecule has 7 nitrogen and oxygen atoms in total. The first kappa shape index (κ1) is 21.6. The number of ether oxygens (including phenoxy) is 2. The van der Waals surface area contributed by atoms with Gasteiger partial charge in [0.25, 0.3) is 0 Å². The van der Waals surface area contributed by atoms with Crippen molar-refractivity contribution in [2.75, 3.05) is 47.9 Å². The fourth-order valence-electron chi connectivity index (χ4n) is 2.12. The third-order valence-corrected chi connectivity index (χ3v) is 3.70. The lowest BCUT2D eigenvalue weighted by molar-refractivity contribution is -0.127. The van der Waals surface area contributed by atoms with E-state index in [2.05, 4.69) is 29.5 Å². The maximum Gasteiger partial charge on any atom is 0.243 e. The Kier molecular flexibility index (Phi) is 9.33. The van der Waals surface area contributed by atoms with Gasteiger partial charge in [-0.1, -0.05) is 19.9 Å². The number of carbonyl (C=O) groups excluding carboxylic acids is 1. The number of carbonyl (C=O) groups is 1. The van der Waals surface area contributed by atoms with Crippen molar-refractivity contribution < 1.29 is 14.3 Å². The zero-order chi connectivity index (χ0) is 19.5. The van der Waals surface area contributed by atoms with Crippen molar-refractivity contribution in [3.05, 3.63) is 23.8 Å². The van der Waals surface area contributed by atoms with Gasteiger partial charge in [-0.15, -0.1) is 0 Å². The Morgan fingerprint density at radius 1 is 1.15 bits per heavy atom. The highest BCUT2D eigenvalue weighted by Gasteiger charge is 2.07. The van der Waals surface area contributed by atoms with Crippen LogP contribution in [-0.4, -0.2) is 64.7 Å². The molecule has 0 aliphatic heterocycles. The molecule has 0 radical (unpaired) electrons. The van der Waals surface area contributed by atoms with Crippen LogP contribution < -0.4 is 20.1 Å². The van der Waals surface area contributed by atoms with E-state index in [-0.39, 0.29) is 12.5 Å². The van der Waals surface area contributed by atoms with Gasteiger partial charge in [0.15, 0.2) is 17.5 Å². The highest BCUT2D eigenvalue weighted by atomic mass is 16.5. The monoisotopic (exact) mass is 364 g/mol. The molecule has 1 amide bonds. The molecule has 0 heterocycles. The molecule has 0 aliphatic carbocycles. The first-order chi connectivity index (χ1) is 12.4. The SMILES string of the molecule is COc1ccc(CCNC(=NCC(=O)N(C)C)NCC(C)C)cc1OC. The van der Waals surface area contributed by atoms with Crippen LogP contribution in [0.15, 0.2) is 23.2 Å². The average molecular weight is 364 g/mol. The Labute approximate surface area is 156 Å². The van der Waals surface area contributed by atoms with E-state index in [0.717, 1.165) is 18.5 Å². The van der Waals surface area contributed by atoms with Gasteiger partial charge < -0.3 is 25.0 Å². The predicted molar refractivity (Wildman–Crippen MR) is 105 cm³/mol. The topological polar surface area (TPSA) is 75.2 Å². The molecule has 0 spiro atoms. The van der Waals surface area contributed by atoms with Crippen LogP contribution in [0.2, 0.25) is 0 Å². The molecule has 0 bridgehead atoms. The quantitative estimate of drug-likeness (QED) is 0.513. The normalized spacial score (nSPS) is 11.3. The molecule has 1 aromatic carbocycles. The molecule has 0 fully saturated rings. The van der Waals surface area contributed by atoms with E-state index in [1.54, 1.807) is 28.3 Å². The molecule has 0 saturated heterocycles. The fourth-order valence-corrected chi connectivity index (χ4v) is 2.12. The second-order valence-electron chi connectivity index (χ2n) is 6.59. The van der Waals surface area contributed by atoms with Crippen LogP contribution in [0.4, 0.5) is 0 Å². The summed E-state index contributed by atoms with van der Waals surface area (Å²) in [4.78, 5) is 17.7. The second-order valence-corrected chi connectivity index (χ2v) is 6.59. The minimum Gasteiger partial charge on any atom is -0.493 e. The van der Waals surface area contributed by atoms with E-state index < -0.39 is 0 Å². The van der Waals surface area contributed by atoms with Crippen molar-refractivity contribution in [3.8, 4) is 11.5 Å². The highest BCUT2D eigenvalue weighted by Crippen LogP contribution is 2.27. The van der Waals surface area contributed by atoms with Crippen LogP contribution in [0.25, 0.3) is 0 Å². The fraction of sp³-hybridized carbons (Fsp3) is 0.579. The van der Waals surface area contributed by atoms with Crippen molar-refractivity contribution in [2.24, 2.45) is 10.9 Å². The standard InChI is InChI=1S/C19H32N4O3/c1-14(2)12-21-19(22-13-18(24)23(3)4)20-10-9-15-7-8-16(25-5)17(11-15)26-6/h7-8,11,14H,9-10,12-13H2,1-6H3,(H2,20,21,22). The Balaban J connectivity index is 2.64. The Morgan fingerprint density at radius 2 is 1.85 bits per heavy atom. The summed E-state index contributed by atoms with van der Waals surface area (Å²) in [5.41, 5.74) is 1.13. The van der Waals surface area contributed by atoms with Crippen LogP contribution in [-0.2, 0) is 11.2 Å². The van der Waals surface area contributed by atoms with E-state index in [0.29, 0.717) is 29.9 Å². The minimum atomic E-state index is -0.0319. The summed E-state index contributed by atoms with van der Waals surface area (Å²) in [7, 11) is 6.70. The molecule has 0 aromatic heterocycles. The molecular weight excluding hydrogens is 332 g/mol. The maximum absolute atomic E-state index is 11.7. The molecule has 0 atom stereocenters. The molecule has 1 rings (SSSR count). The van der Waals surface area contributed by atoms with Crippen molar-refractivity contribution in [3.63, 3.8) is 0 Å². The number of nitrogens with zero attached hydrogens (tertiary/aromatic N) is 2. The van der Waals surface area contributed by atoms with Crippen molar-refractivity contribution in [2.45, 2.75) is 20.3 Å². The van der Waals surface area contributed by atoms with Gasteiger partial charge in [-0.25, -0.2) is 4.99 Å². The molecule has 0 unspecified atom stereocenters. The summed E-state index contributed by atoms with van der Waals surface area (Å²) in [6.07, 6.45) is 0.796. The van der Waals surface area contributed by atoms with Crippen molar-refractivity contribution in [1.29, 1.82) is 0 Å². The zero-order valence-electron chi connectivity index (χ0n) is 16.8. The van der Waals surface area contributed by atoms with Crippen LogP contribution in [0.5, 0.6) is 11.5 Å². The molecule has 7 heteroatoms. The van der Waals surface area contributed by atoms with Gasteiger partial charge in [0.1, 0.15) is 6.54 Å². The van der Waals surface area contributed by atoms with Gasteiger partial charge in [0, 0.05) is 27.2 Å². The summed E-state index contributed by atoms with van der Waals surface area (Å²) < 4.78 is 10.6. The Morgan fingerprint density at radius 3 is 2.42 bits per heavy atom. The first-order valence-corrected chi connectivity index (χ1v) is 8.80. The second kappa shape index (κ2) is 11.2. The van der Waals surface area contributed by atoms with E-state index in [1.165, 1.54) is 4.90 Å². The number of hydrogen-bond acceptors (Lipinski definition) is 4. The van der Waals surface area contributed by atoms with Gasteiger partial charge in [-0.2, -0.15) is 0 Å². The number of methoxy groups -OCH3 is 2. The van der Waals surface area contributed by atoms with Crippen molar-refractivity contribution >= 4 is 11.9 Å². The number of likely N-dealkylation sites (N-methyl/N-ethyl adjacent to an activating group) is 1. The lowest BCUT2D eigenvalue weighted by atomic mass is 10.1. The molecule has 26 heavy (non-hydrogen) atoms. The van der Waals surface area contributed by atoms with Crippen LogP contribution in [0.1, 0.15) is 19.4 Å². The third-order valence-electron chi connectivity index (χ3n) is 3.70. The number of amides is 1. The van der Waals surface area contributed by atoms with Crippen molar-refractivity contribution in [1.82, 2.24) is 15.5 Å². The van der Waals surface area contributed by atoms with Crippen LogP contribution >= 0.6 is 0 Å². The predicted octanol–water partition coefficient (Wildman–Crippen LogP) is 1.53. The Bertz CT molecular complexity index is 600. The zero-order valence-corrected chi connectivity index (χ0v) is 16.8. The van der Waals surface area contributed by atoms with Gasteiger partial charge in [-0.05, 0) is 30.0 Å². The van der Waals surface area contributed by atoms with Gasteiger partial charge in [0.2, 0.25) is 5.91 Å². The van der Waals surface area contributed by atoms with E-state index in [4.69, 9.17) is 9.47 Å². The number of nitrogens with one attached hydrogen (secondary N) is 2.